The van der Waals surface area contributed by atoms with E-state index in [1.165, 1.54) is 0 Å². The average molecular weight is 307 g/mol. The smallest absolute Gasteiger partial charge is 0.317 e. The van der Waals surface area contributed by atoms with Crippen molar-refractivity contribution >= 4 is 12.4 Å². The van der Waals surface area contributed by atoms with Gasteiger partial charge in [0.2, 0.25) is 5.82 Å². The summed E-state index contributed by atoms with van der Waals surface area (Å²) in [5, 5.41) is 12.4. The molecule has 1 N–H and O–H groups in total. The molecule has 0 saturated carbocycles. The fraction of sp³-hybridized carbons (Fsp3) is 0.583. The lowest BCUT2D eigenvalue weighted by Crippen LogP contribution is -2.37. The highest BCUT2D eigenvalue weighted by molar-refractivity contribution is 5.85. The number of rotatable bonds is 2. The zero-order valence-corrected chi connectivity index (χ0v) is 11.4. The summed E-state index contributed by atoms with van der Waals surface area (Å²) in [4.78, 5) is 6.64. The Labute approximate surface area is 120 Å². The van der Waals surface area contributed by atoms with Crippen molar-refractivity contribution in [2.45, 2.75) is 25.4 Å². The van der Waals surface area contributed by atoms with E-state index in [4.69, 9.17) is 0 Å². The number of alkyl halides is 3. The van der Waals surface area contributed by atoms with Crippen LogP contribution in [0.25, 0.3) is 0 Å². The highest BCUT2D eigenvalue weighted by atomic mass is 35.5. The summed E-state index contributed by atoms with van der Waals surface area (Å²) in [6, 6.07) is 2.29. The van der Waals surface area contributed by atoms with Gasteiger partial charge in [-0.1, -0.05) is 0 Å². The van der Waals surface area contributed by atoms with Gasteiger partial charge in [-0.3, -0.25) is 0 Å². The van der Waals surface area contributed by atoms with E-state index < -0.39 is 17.4 Å². The van der Waals surface area contributed by atoms with Crippen molar-refractivity contribution in [1.82, 2.24) is 15.3 Å². The van der Waals surface area contributed by atoms with E-state index in [1.54, 1.807) is 0 Å². The van der Waals surface area contributed by atoms with Gasteiger partial charge in [0.15, 0.2) is 0 Å². The molecule has 0 aromatic carbocycles. The van der Waals surface area contributed by atoms with Crippen LogP contribution in [0.5, 0.6) is 0 Å². The first-order valence-electron chi connectivity index (χ1n) is 5.95. The van der Waals surface area contributed by atoms with E-state index in [1.807, 2.05) is 0 Å². The highest BCUT2D eigenvalue weighted by Gasteiger charge is 2.35. The van der Waals surface area contributed by atoms with Crippen LogP contribution in [0.2, 0.25) is 0 Å². The second kappa shape index (κ2) is 6.37. The summed E-state index contributed by atoms with van der Waals surface area (Å²) in [5.74, 6) is -1.15. The molecule has 4 nitrogen and oxygen atoms in total. The van der Waals surface area contributed by atoms with Gasteiger partial charge < -0.3 is 5.32 Å². The molecule has 8 heteroatoms. The topological polar surface area (TPSA) is 61.6 Å². The third-order valence-corrected chi connectivity index (χ3v) is 3.30. The van der Waals surface area contributed by atoms with Crippen LogP contribution in [0.15, 0.2) is 12.4 Å². The summed E-state index contributed by atoms with van der Waals surface area (Å²) in [5.41, 5.74) is 0.0467. The lowest BCUT2D eigenvalue weighted by molar-refractivity contribution is -0.145. The van der Waals surface area contributed by atoms with Crippen LogP contribution in [-0.4, -0.2) is 23.1 Å². The van der Waals surface area contributed by atoms with Crippen molar-refractivity contribution in [2.75, 3.05) is 13.1 Å². The van der Waals surface area contributed by atoms with Crippen molar-refractivity contribution in [3.05, 3.63) is 23.8 Å². The average Bonchev–Trinajstić information content (AvgIpc) is 2.39. The molecule has 0 radical (unpaired) electrons. The molecule has 0 atom stereocenters. The van der Waals surface area contributed by atoms with Gasteiger partial charge in [0.05, 0.1) is 11.5 Å². The van der Waals surface area contributed by atoms with E-state index >= 15 is 0 Å². The number of aromatic nitrogens is 2. The molecule has 1 aromatic heterocycles. The monoisotopic (exact) mass is 306 g/mol. The molecule has 2 heterocycles. The second-order valence-corrected chi connectivity index (χ2v) is 4.73. The molecule has 0 unspecified atom stereocenters. The minimum absolute atomic E-state index is 0. The Morgan fingerprint density at radius 3 is 2.25 bits per heavy atom. The molecule has 2 rings (SSSR count). The lowest BCUT2D eigenvalue weighted by Gasteiger charge is -2.31. The van der Waals surface area contributed by atoms with Gasteiger partial charge >= 0.3 is 6.18 Å². The van der Waals surface area contributed by atoms with E-state index in [-0.39, 0.29) is 12.4 Å². The Morgan fingerprint density at radius 2 is 1.80 bits per heavy atom. The fourth-order valence-corrected chi connectivity index (χ4v) is 2.22. The summed E-state index contributed by atoms with van der Waals surface area (Å²) in [7, 11) is 0. The molecule has 0 bridgehead atoms. The number of hydrogen-bond donors (Lipinski definition) is 1. The SMILES string of the molecule is Cl.N#CC1(Cc2cnc(C(F)(F)F)nc2)CCNCC1. The number of nitrogens with zero attached hydrogens (tertiary/aromatic N) is 3. The van der Waals surface area contributed by atoms with Gasteiger partial charge in [-0.2, -0.15) is 18.4 Å². The first-order valence-corrected chi connectivity index (χ1v) is 5.95. The molecule has 110 valence electrons. The molecule has 0 spiro atoms. The zero-order chi connectivity index (χ0) is 13.9. The number of hydrogen-bond acceptors (Lipinski definition) is 4. The van der Waals surface area contributed by atoms with Crippen molar-refractivity contribution in [2.24, 2.45) is 5.41 Å². The number of nitrogens with one attached hydrogen (secondary N) is 1. The summed E-state index contributed by atoms with van der Waals surface area (Å²) in [6.45, 7) is 1.49. The molecule has 0 amide bonds. The lowest BCUT2D eigenvalue weighted by atomic mass is 9.76. The fourth-order valence-electron chi connectivity index (χ4n) is 2.22. The minimum atomic E-state index is -4.53. The molecular formula is C12H14ClF3N4. The van der Waals surface area contributed by atoms with Crippen LogP contribution >= 0.6 is 12.4 Å². The van der Waals surface area contributed by atoms with Crippen LogP contribution in [0.1, 0.15) is 24.2 Å². The Morgan fingerprint density at radius 1 is 1.25 bits per heavy atom. The largest absolute Gasteiger partial charge is 0.451 e. The van der Waals surface area contributed by atoms with E-state index in [9.17, 15) is 18.4 Å². The Balaban J connectivity index is 0.00000200. The van der Waals surface area contributed by atoms with Crippen LogP contribution in [0.4, 0.5) is 13.2 Å². The number of nitriles is 1. The van der Waals surface area contributed by atoms with Gasteiger partial charge in [0.25, 0.3) is 0 Å². The maximum absolute atomic E-state index is 12.3. The van der Waals surface area contributed by atoms with E-state index in [0.717, 1.165) is 25.5 Å². The maximum Gasteiger partial charge on any atom is 0.451 e. The number of halogens is 4. The molecule has 1 aromatic rings. The highest BCUT2D eigenvalue weighted by Crippen LogP contribution is 2.32. The third-order valence-electron chi connectivity index (χ3n) is 3.30. The molecule has 1 saturated heterocycles. The van der Waals surface area contributed by atoms with E-state index in [0.29, 0.717) is 24.8 Å². The van der Waals surface area contributed by atoms with Crippen molar-refractivity contribution < 1.29 is 13.2 Å². The van der Waals surface area contributed by atoms with Gasteiger partial charge in [0, 0.05) is 12.4 Å². The molecule has 1 aliphatic rings. The third kappa shape index (κ3) is 3.81. The van der Waals surface area contributed by atoms with Gasteiger partial charge in [-0.05, 0) is 37.9 Å². The van der Waals surface area contributed by atoms with Crippen molar-refractivity contribution in [1.29, 1.82) is 5.26 Å². The van der Waals surface area contributed by atoms with Crippen LogP contribution < -0.4 is 5.32 Å². The molecule has 1 fully saturated rings. The Bertz CT molecular complexity index is 475. The quantitative estimate of drug-likeness (QED) is 0.911. The van der Waals surface area contributed by atoms with Crippen LogP contribution in [0.3, 0.4) is 0 Å². The van der Waals surface area contributed by atoms with Crippen molar-refractivity contribution in [3.63, 3.8) is 0 Å². The minimum Gasteiger partial charge on any atom is -0.317 e. The van der Waals surface area contributed by atoms with Crippen molar-refractivity contribution in [3.8, 4) is 6.07 Å². The molecule has 0 aliphatic carbocycles. The Kier molecular flexibility index (Phi) is 5.31. The summed E-state index contributed by atoms with van der Waals surface area (Å²) in [6.07, 6.45) is -0.438. The zero-order valence-electron chi connectivity index (χ0n) is 10.6. The van der Waals surface area contributed by atoms with E-state index in [2.05, 4.69) is 21.4 Å². The molecule has 1 aliphatic heterocycles. The first-order chi connectivity index (χ1) is 8.95. The van der Waals surface area contributed by atoms with Gasteiger partial charge in [-0.25, -0.2) is 9.97 Å². The summed E-state index contributed by atoms with van der Waals surface area (Å²) >= 11 is 0. The second-order valence-electron chi connectivity index (χ2n) is 4.73. The number of piperidine rings is 1. The maximum atomic E-state index is 12.3. The Hall–Kier alpha value is -1.39. The summed E-state index contributed by atoms with van der Waals surface area (Å²) < 4.78 is 37.0. The van der Waals surface area contributed by atoms with Crippen LogP contribution in [-0.2, 0) is 12.6 Å². The molecular weight excluding hydrogens is 293 g/mol. The normalized spacial score (nSPS) is 17.9. The standard InChI is InChI=1S/C12H13F3N4.ClH/c13-12(14,15)10-18-6-9(7-19-10)5-11(8-16)1-3-17-4-2-11;/h6-7,17H,1-5H2;1H. The first kappa shape index (κ1) is 16.7. The molecule has 20 heavy (non-hydrogen) atoms. The predicted octanol–water partition coefficient (Wildman–Crippen LogP) is 2.35. The van der Waals surface area contributed by atoms with Gasteiger partial charge in [-0.15, -0.1) is 12.4 Å². The van der Waals surface area contributed by atoms with Gasteiger partial charge in [0.1, 0.15) is 0 Å². The predicted molar refractivity (Wildman–Crippen MR) is 68.1 cm³/mol. The van der Waals surface area contributed by atoms with Crippen LogP contribution in [0, 0.1) is 16.7 Å².